The van der Waals surface area contributed by atoms with E-state index in [0.29, 0.717) is 16.6 Å². The molecule has 3 saturated carbocycles. The summed E-state index contributed by atoms with van der Waals surface area (Å²) in [5.74, 6) is 1.33. The van der Waals surface area contributed by atoms with Crippen LogP contribution in [0.1, 0.15) is 59.3 Å². The van der Waals surface area contributed by atoms with Crippen molar-refractivity contribution in [2.24, 2.45) is 22.2 Å². The van der Waals surface area contributed by atoms with Crippen molar-refractivity contribution in [3.63, 3.8) is 0 Å². The zero-order valence-corrected chi connectivity index (χ0v) is 10.2. The highest BCUT2D eigenvalue weighted by Crippen LogP contribution is 2.77. The molecule has 0 aromatic heterocycles. The van der Waals surface area contributed by atoms with Gasteiger partial charge < -0.3 is 0 Å². The number of Topliss-reactive ketones (excluding diaryl/α,β-unsaturated/α-hetero) is 1. The van der Waals surface area contributed by atoms with Gasteiger partial charge in [-0.2, -0.15) is 0 Å². The first-order valence-electron chi connectivity index (χ1n) is 6.50. The molecule has 3 atom stereocenters. The number of rotatable bonds is 0. The summed E-state index contributed by atoms with van der Waals surface area (Å²) in [5, 5.41) is 0. The van der Waals surface area contributed by atoms with Crippen LogP contribution in [0.15, 0.2) is 0 Å². The lowest BCUT2D eigenvalue weighted by atomic mass is 9.59. The molecular formula is C14H22O. The average molecular weight is 206 g/mol. The number of hydrogen-bond donors (Lipinski definition) is 0. The summed E-state index contributed by atoms with van der Waals surface area (Å²) in [4.78, 5) is 12.3. The third-order valence-electron chi connectivity index (χ3n) is 6.50. The molecule has 0 aliphatic heterocycles. The Bertz CT molecular complexity index is 330. The van der Waals surface area contributed by atoms with Gasteiger partial charge in [0.05, 0.1) is 0 Å². The molecule has 1 heteroatoms. The van der Waals surface area contributed by atoms with Gasteiger partial charge in [0.1, 0.15) is 5.78 Å². The van der Waals surface area contributed by atoms with Gasteiger partial charge in [0.15, 0.2) is 0 Å². The Morgan fingerprint density at radius 2 is 1.93 bits per heavy atom. The van der Waals surface area contributed by atoms with Gasteiger partial charge >= 0.3 is 0 Å². The van der Waals surface area contributed by atoms with E-state index in [0.717, 1.165) is 12.3 Å². The van der Waals surface area contributed by atoms with Crippen molar-refractivity contribution >= 4 is 5.78 Å². The fourth-order valence-electron chi connectivity index (χ4n) is 5.48. The van der Waals surface area contributed by atoms with Crippen molar-refractivity contribution in [1.29, 1.82) is 0 Å². The molecule has 0 amide bonds. The molecule has 3 aliphatic carbocycles. The number of ketones is 1. The van der Waals surface area contributed by atoms with Crippen LogP contribution in [-0.2, 0) is 4.79 Å². The SMILES string of the molecule is C[C@@H]1CC[C@@]23CCC[C@@]12CC(=O)C3(C)C. The Morgan fingerprint density at radius 3 is 2.60 bits per heavy atom. The standard InChI is InChI=1S/C14H22O/c1-10-5-8-14-7-4-6-13(10,14)9-11(15)12(14,2)3/h10H,4-9H2,1-3H3/t10-,13-,14-/m1/s1. The molecule has 0 unspecified atom stereocenters. The third-order valence-corrected chi connectivity index (χ3v) is 6.50. The van der Waals surface area contributed by atoms with Crippen molar-refractivity contribution in [2.45, 2.75) is 59.3 Å². The molecule has 3 aliphatic rings. The van der Waals surface area contributed by atoms with Crippen LogP contribution in [-0.4, -0.2) is 5.78 Å². The first kappa shape index (κ1) is 9.86. The molecular weight excluding hydrogens is 184 g/mol. The van der Waals surface area contributed by atoms with E-state index in [2.05, 4.69) is 20.8 Å². The largest absolute Gasteiger partial charge is 0.299 e. The van der Waals surface area contributed by atoms with Crippen LogP contribution in [0.5, 0.6) is 0 Å². The van der Waals surface area contributed by atoms with E-state index >= 15 is 0 Å². The maximum atomic E-state index is 12.3. The average Bonchev–Trinajstić information content (AvgIpc) is 2.69. The van der Waals surface area contributed by atoms with E-state index < -0.39 is 0 Å². The second-order valence-corrected chi connectivity index (χ2v) is 6.76. The minimum absolute atomic E-state index is 0.0335. The fourth-order valence-corrected chi connectivity index (χ4v) is 5.48. The maximum absolute atomic E-state index is 12.3. The summed E-state index contributed by atoms with van der Waals surface area (Å²) >= 11 is 0. The molecule has 1 nitrogen and oxygen atoms in total. The van der Waals surface area contributed by atoms with Crippen molar-refractivity contribution in [3.8, 4) is 0 Å². The number of carbonyl (C=O) groups is 1. The van der Waals surface area contributed by atoms with Gasteiger partial charge in [0.2, 0.25) is 0 Å². The highest BCUT2D eigenvalue weighted by Gasteiger charge is 2.72. The zero-order valence-electron chi connectivity index (χ0n) is 10.2. The normalized spacial score (nSPS) is 51.9. The highest BCUT2D eigenvalue weighted by molar-refractivity contribution is 5.89. The Labute approximate surface area is 92.6 Å². The zero-order chi connectivity index (χ0) is 10.9. The Morgan fingerprint density at radius 1 is 1.20 bits per heavy atom. The topological polar surface area (TPSA) is 17.1 Å². The van der Waals surface area contributed by atoms with Crippen LogP contribution in [0.4, 0.5) is 0 Å². The molecule has 0 aromatic rings. The lowest BCUT2D eigenvalue weighted by Crippen LogP contribution is -2.40. The maximum Gasteiger partial charge on any atom is 0.139 e. The highest BCUT2D eigenvalue weighted by atomic mass is 16.1. The van der Waals surface area contributed by atoms with E-state index in [-0.39, 0.29) is 5.41 Å². The van der Waals surface area contributed by atoms with E-state index in [1.54, 1.807) is 0 Å². The summed E-state index contributed by atoms with van der Waals surface area (Å²) in [6.07, 6.45) is 7.56. The van der Waals surface area contributed by atoms with Gasteiger partial charge in [-0.05, 0) is 42.4 Å². The Kier molecular flexibility index (Phi) is 1.64. The first-order chi connectivity index (χ1) is 6.96. The van der Waals surface area contributed by atoms with E-state index in [1.165, 1.54) is 32.1 Å². The number of carbonyl (C=O) groups excluding carboxylic acids is 1. The second-order valence-electron chi connectivity index (χ2n) is 6.76. The van der Waals surface area contributed by atoms with Gasteiger partial charge in [0.25, 0.3) is 0 Å². The summed E-state index contributed by atoms with van der Waals surface area (Å²) in [6, 6.07) is 0. The van der Waals surface area contributed by atoms with Gasteiger partial charge in [0, 0.05) is 11.8 Å². The van der Waals surface area contributed by atoms with Gasteiger partial charge in [-0.3, -0.25) is 4.79 Å². The molecule has 0 radical (unpaired) electrons. The molecule has 3 rings (SSSR count). The fraction of sp³-hybridized carbons (Fsp3) is 0.929. The minimum Gasteiger partial charge on any atom is -0.299 e. The van der Waals surface area contributed by atoms with Crippen LogP contribution >= 0.6 is 0 Å². The minimum atomic E-state index is -0.0335. The first-order valence-corrected chi connectivity index (χ1v) is 6.50. The molecule has 3 fully saturated rings. The molecule has 0 spiro atoms. The second kappa shape index (κ2) is 2.49. The van der Waals surface area contributed by atoms with E-state index in [9.17, 15) is 4.79 Å². The molecule has 0 aromatic carbocycles. The van der Waals surface area contributed by atoms with Crippen molar-refractivity contribution in [2.75, 3.05) is 0 Å². The molecule has 0 heterocycles. The van der Waals surface area contributed by atoms with E-state index in [1.807, 2.05) is 0 Å². The Balaban J connectivity index is 2.19. The van der Waals surface area contributed by atoms with Crippen molar-refractivity contribution in [3.05, 3.63) is 0 Å². The summed E-state index contributed by atoms with van der Waals surface area (Å²) < 4.78 is 0. The van der Waals surface area contributed by atoms with Crippen molar-refractivity contribution in [1.82, 2.24) is 0 Å². The molecule has 84 valence electrons. The monoisotopic (exact) mass is 206 g/mol. The van der Waals surface area contributed by atoms with Crippen LogP contribution in [0.2, 0.25) is 0 Å². The quantitative estimate of drug-likeness (QED) is 0.592. The smallest absolute Gasteiger partial charge is 0.139 e. The summed E-state index contributed by atoms with van der Waals surface area (Å²) in [6.45, 7) is 6.84. The Hall–Kier alpha value is -0.330. The summed E-state index contributed by atoms with van der Waals surface area (Å²) in [5.41, 5.74) is 0.762. The van der Waals surface area contributed by atoms with Crippen molar-refractivity contribution < 1.29 is 4.79 Å². The van der Waals surface area contributed by atoms with E-state index in [4.69, 9.17) is 0 Å². The lowest BCUT2D eigenvalue weighted by Gasteiger charge is -2.43. The predicted octanol–water partition coefficient (Wildman–Crippen LogP) is 3.57. The summed E-state index contributed by atoms with van der Waals surface area (Å²) in [7, 11) is 0. The lowest BCUT2D eigenvalue weighted by molar-refractivity contribution is -0.128. The van der Waals surface area contributed by atoms with Crippen LogP contribution in [0.3, 0.4) is 0 Å². The van der Waals surface area contributed by atoms with Gasteiger partial charge in [-0.15, -0.1) is 0 Å². The van der Waals surface area contributed by atoms with Gasteiger partial charge in [-0.25, -0.2) is 0 Å². The molecule has 0 bridgehead atoms. The third kappa shape index (κ3) is 0.786. The molecule has 0 N–H and O–H groups in total. The van der Waals surface area contributed by atoms with Crippen LogP contribution < -0.4 is 0 Å². The van der Waals surface area contributed by atoms with Crippen LogP contribution in [0.25, 0.3) is 0 Å². The predicted molar refractivity (Wildman–Crippen MR) is 60.5 cm³/mol. The van der Waals surface area contributed by atoms with Crippen LogP contribution in [0, 0.1) is 22.2 Å². The molecule has 0 saturated heterocycles. The van der Waals surface area contributed by atoms with Gasteiger partial charge in [-0.1, -0.05) is 27.2 Å². The molecule has 15 heavy (non-hydrogen) atoms. The number of hydrogen-bond acceptors (Lipinski definition) is 1.